The Hall–Kier alpha value is -5.39. The van der Waals surface area contributed by atoms with Gasteiger partial charge in [-0.2, -0.15) is 0 Å². The molecule has 4 heterocycles. The number of benzene rings is 1. The molecule has 3 saturated heterocycles. The molecule has 3 aliphatic heterocycles. The second kappa shape index (κ2) is 14.3. The van der Waals surface area contributed by atoms with Crippen LogP contribution in [0.1, 0.15) is 23.0 Å². The zero-order valence-electron chi connectivity index (χ0n) is 26.1. The van der Waals surface area contributed by atoms with E-state index in [2.05, 4.69) is 15.5 Å². The number of piperazine rings is 1. The molecule has 8 N–H and O–H groups in total. The van der Waals surface area contributed by atoms with E-state index in [1.165, 1.54) is 6.92 Å². The van der Waals surface area contributed by atoms with Gasteiger partial charge >= 0.3 is 29.7 Å². The number of nitrogens with one attached hydrogen (secondary N) is 2. The number of carbonyl (C=O) groups is 8. The van der Waals surface area contributed by atoms with Gasteiger partial charge in [-0.05, 0) is 19.1 Å². The van der Waals surface area contributed by atoms with E-state index in [4.69, 9.17) is 38.9 Å². The summed E-state index contributed by atoms with van der Waals surface area (Å²) in [7, 11) is 0. The molecule has 2 aromatic rings. The van der Waals surface area contributed by atoms with Crippen LogP contribution in [-0.4, -0.2) is 136 Å². The van der Waals surface area contributed by atoms with E-state index in [1.807, 2.05) is 5.43 Å². The van der Waals surface area contributed by atoms with Crippen LogP contribution < -0.4 is 16.5 Å². The minimum Gasteiger partial charge on any atom is -0.504 e. The minimum atomic E-state index is -2.24. The van der Waals surface area contributed by atoms with Gasteiger partial charge in [0.25, 0.3) is 11.7 Å². The van der Waals surface area contributed by atoms with E-state index in [0.717, 1.165) is 28.4 Å². The number of carboxylic acid groups (broad SMARTS) is 2. The normalized spacial score (nSPS) is 22.0. The number of hydrogen-bond donors (Lipinski definition) is 7. The summed E-state index contributed by atoms with van der Waals surface area (Å²) in [6, 6.07) is 0.441. The van der Waals surface area contributed by atoms with Crippen molar-refractivity contribution in [2.75, 3.05) is 32.0 Å². The molecule has 25 heteroatoms. The van der Waals surface area contributed by atoms with Crippen LogP contribution in [0, 0.1) is 5.92 Å². The van der Waals surface area contributed by atoms with Crippen LogP contribution in [0.25, 0.3) is 0 Å². The Morgan fingerprint density at radius 3 is 2.42 bits per heavy atom. The van der Waals surface area contributed by atoms with Gasteiger partial charge in [-0.1, -0.05) is 51.5 Å². The highest BCUT2D eigenvalue weighted by atomic mass is 35.5. The molecule has 3 aliphatic rings. The number of phenolic OH excluding ortho intramolecular Hbond substituents is 2. The first-order valence-electron chi connectivity index (χ1n) is 14.5. The lowest BCUT2D eigenvalue weighted by molar-refractivity contribution is -0.167. The number of thioether (sulfide) groups is 1. The van der Waals surface area contributed by atoms with Crippen LogP contribution >= 0.6 is 46.3 Å². The number of β-lactam (4-membered cyclic amide) rings is 1. The first kappa shape index (κ1) is 37.9. The number of ketones is 1. The van der Waals surface area contributed by atoms with Crippen LogP contribution in [0.2, 0.25) is 9.36 Å². The topological polar surface area (TPSA) is 312 Å². The number of hydrazine groups is 1. The molecule has 52 heavy (non-hydrogen) atoms. The highest BCUT2D eigenvalue weighted by Crippen LogP contribution is 2.49. The van der Waals surface area contributed by atoms with E-state index in [1.54, 1.807) is 0 Å². The van der Waals surface area contributed by atoms with Crippen LogP contribution in [0.15, 0.2) is 17.3 Å². The van der Waals surface area contributed by atoms with Gasteiger partial charge in [0.05, 0.1) is 29.6 Å². The Bertz CT molecular complexity index is 1980. The molecule has 0 saturated carbocycles. The zero-order valence-corrected chi connectivity index (χ0v) is 29.2. The number of nitrogen functional groups attached to an aromatic ring is 1. The number of nitrogens with two attached hydrogens (primary N) is 1. The number of aromatic hydroxyl groups is 2. The SMILES string of the molecule is CC(CO/N=C(\C(=O)N[C@@H]1C(=O)N2C[C@@](C(=O)O)(N3CCN(NC(=O)C(=O)c4ccc(O)c(O)c4Cl)C(=O)C3=O)S[C@H]12)c1nc(N)sc1Cl)C(=O)O. The first-order chi connectivity index (χ1) is 24.4. The zero-order chi connectivity index (χ0) is 38.4. The van der Waals surface area contributed by atoms with Crippen LogP contribution in [0.3, 0.4) is 0 Å². The molecular formula is C27H24Cl2N8O13S2. The van der Waals surface area contributed by atoms with Gasteiger partial charge in [-0.15, -0.1) is 0 Å². The lowest BCUT2D eigenvalue weighted by Crippen LogP contribution is -2.69. The Balaban J connectivity index is 1.29. The van der Waals surface area contributed by atoms with Crippen LogP contribution in [0.4, 0.5) is 5.13 Å². The number of aromatic nitrogens is 1. The van der Waals surface area contributed by atoms with E-state index < -0.39 is 124 Å². The molecule has 1 aromatic carbocycles. The number of amides is 5. The fourth-order valence-corrected chi connectivity index (χ4v) is 7.88. The van der Waals surface area contributed by atoms with Crippen LogP contribution in [0.5, 0.6) is 11.5 Å². The first-order valence-corrected chi connectivity index (χ1v) is 16.9. The third-order valence-corrected chi connectivity index (χ3v) is 11.0. The molecule has 0 spiro atoms. The second-order valence-corrected chi connectivity index (χ2v) is 14.5. The van der Waals surface area contributed by atoms with E-state index in [-0.39, 0.29) is 15.2 Å². The number of phenols is 2. The molecule has 5 amide bonds. The van der Waals surface area contributed by atoms with Crippen molar-refractivity contribution < 1.29 is 63.6 Å². The number of rotatable bonds is 12. The number of Topliss-reactive ketones (excluding diaryl/α,β-unsaturated/α-hetero) is 1. The van der Waals surface area contributed by atoms with Crippen molar-refractivity contribution in [1.29, 1.82) is 0 Å². The van der Waals surface area contributed by atoms with E-state index in [0.29, 0.717) is 21.7 Å². The summed E-state index contributed by atoms with van der Waals surface area (Å²) >= 11 is 13.3. The second-order valence-electron chi connectivity index (χ2n) is 11.1. The summed E-state index contributed by atoms with van der Waals surface area (Å²) in [6.45, 7) is -0.767. The lowest BCUT2D eigenvalue weighted by Gasteiger charge is -2.41. The summed E-state index contributed by atoms with van der Waals surface area (Å²) in [5.74, 6) is -12.9. The fraction of sp³-hybridized carbons (Fsp3) is 0.333. The number of nitrogens with zero attached hydrogens (tertiary/aromatic N) is 5. The largest absolute Gasteiger partial charge is 0.504 e. The third-order valence-electron chi connectivity index (χ3n) is 7.84. The quantitative estimate of drug-likeness (QED) is 0.0326. The summed E-state index contributed by atoms with van der Waals surface area (Å²) in [5, 5.41) is 43.5. The molecule has 0 bridgehead atoms. The number of hydrogen-bond acceptors (Lipinski definition) is 16. The van der Waals surface area contributed by atoms with Crippen molar-refractivity contribution >= 4 is 104 Å². The number of aliphatic carboxylic acids is 2. The Morgan fingerprint density at radius 1 is 1.12 bits per heavy atom. The van der Waals surface area contributed by atoms with E-state index >= 15 is 0 Å². The van der Waals surface area contributed by atoms with Crippen molar-refractivity contribution in [2.45, 2.75) is 23.2 Å². The molecule has 1 aromatic heterocycles. The smallest absolute Gasteiger partial charge is 0.342 e. The Labute approximate surface area is 308 Å². The molecule has 276 valence electrons. The minimum absolute atomic E-state index is 0.0598. The summed E-state index contributed by atoms with van der Waals surface area (Å²) < 4.78 is -0.0886. The number of fused-ring (bicyclic) bond motifs is 1. The van der Waals surface area contributed by atoms with Crippen molar-refractivity contribution in [3.63, 3.8) is 0 Å². The molecule has 4 atom stereocenters. The molecule has 3 fully saturated rings. The summed E-state index contributed by atoms with van der Waals surface area (Å²) in [4.78, 5) is 111. The van der Waals surface area contributed by atoms with Gasteiger partial charge in [-0.3, -0.25) is 39.0 Å². The average Bonchev–Trinajstić information content (AvgIpc) is 3.63. The number of carboxylic acids is 2. The summed E-state index contributed by atoms with van der Waals surface area (Å²) in [6.07, 6.45) is 0. The highest BCUT2D eigenvalue weighted by molar-refractivity contribution is 8.02. The van der Waals surface area contributed by atoms with E-state index in [9.17, 15) is 53.7 Å². The molecule has 5 rings (SSSR count). The third kappa shape index (κ3) is 6.69. The average molecular weight is 804 g/mol. The predicted molar refractivity (Wildman–Crippen MR) is 177 cm³/mol. The molecule has 1 unspecified atom stereocenters. The maximum Gasteiger partial charge on any atom is 0.342 e. The molecule has 0 radical (unpaired) electrons. The van der Waals surface area contributed by atoms with Gasteiger partial charge in [0.2, 0.25) is 10.8 Å². The fourth-order valence-electron chi connectivity index (χ4n) is 5.07. The standard InChI is InChI=1S/C27H24Cl2N8O13S2/c1-8(24(46)47)6-50-34-13(12-17(29)51-26(30)32-12)18(41)31-14-20(43)35-7-27(25(48)49,52-23(14)35)36-4-5-37(22(45)21(36)44)33-19(42)15(39)9-2-3-10(38)16(40)11(9)28/h2-3,8,14,23,38,40H,4-7H2,1H3,(H2,30,32)(H,31,41)(H,33,42)(H,46,47)(H,48,49)/b34-13-/t8?,14-,23-,27-/m1/s1. The van der Waals surface area contributed by atoms with Gasteiger partial charge in [0.1, 0.15) is 28.1 Å². The van der Waals surface area contributed by atoms with Gasteiger partial charge < -0.3 is 46.1 Å². The van der Waals surface area contributed by atoms with Crippen molar-refractivity contribution in [3.8, 4) is 11.5 Å². The lowest BCUT2D eigenvalue weighted by atomic mass is 10.0. The highest BCUT2D eigenvalue weighted by Gasteiger charge is 2.66. The molecule has 0 aliphatic carbocycles. The number of halogens is 2. The van der Waals surface area contributed by atoms with Crippen molar-refractivity contribution in [3.05, 3.63) is 32.7 Å². The van der Waals surface area contributed by atoms with Gasteiger partial charge in [0, 0.05) is 6.54 Å². The summed E-state index contributed by atoms with van der Waals surface area (Å²) in [5.41, 5.74) is 6.27. The van der Waals surface area contributed by atoms with Gasteiger partial charge in [0.15, 0.2) is 22.3 Å². The maximum atomic E-state index is 13.4. The number of carbonyl (C=O) groups excluding carboxylic acids is 6. The molecular weight excluding hydrogens is 779 g/mol. The van der Waals surface area contributed by atoms with Gasteiger partial charge in [-0.25, -0.2) is 14.8 Å². The monoisotopic (exact) mass is 802 g/mol. The number of anilines is 1. The van der Waals surface area contributed by atoms with Crippen molar-refractivity contribution in [1.82, 2.24) is 30.5 Å². The predicted octanol–water partition coefficient (Wildman–Crippen LogP) is -1.35. The maximum absolute atomic E-state index is 13.4. The van der Waals surface area contributed by atoms with Crippen LogP contribution in [-0.2, 0) is 38.4 Å². The number of thiazole rings is 1. The Kier molecular flexibility index (Phi) is 10.4. The van der Waals surface area contributed by atoms with Crippen molar-refractivity contribution in [2.24, 2.45) is 11.1 Å². The number of oxime groups is 1. The Morgan fingerprint density at radius 2 is 1.81 bits per heavy atom. The molecule has 21 nitrogen and oxygen atoms in total.